The zero-order chi connectivity index (χ0) is 15.2. The Balaban J connectivity index is 1.80. The van der Waals surface area contributed by atoms with E-state index in [0.29, 0.717) is 5.92 Å². The zero-order valence-electron chi connectivity index (χ0n) is 13.6. The number of nitrogens with one attached hydrogen (secondary N) is 1. The molecule has 1 fully saturated rings. The van der Waals surface area contributed by atoms with Gasteiger partial charge in [-0.2, -0.15) is 0 Å². The second kappa shape index (κ2) is 7.60. The highest BCUT2D eigenvalue weighted by atomic mass is 16.2. The third-order valence-electron chi connectivity index (χ3n) is 4.07. The Morgan fingerprint density at radius 3 is 2.24 bits per heavy atom. The highest BCUT2D eigenvalue weighted by Crippen LogP contribution is 2.11. The van der Waals surface area contributed by atoms with Gasteiger partial charge in [0.1, 0.15) is 0 Å². The molecule has 1 unspecified atom stereocenters. The van der Waals surface area contributed by atoms with Crippen molar-refractivity contribution in [3.63, 3.8) is 0 Å². The molecule has 0 aliphatic carbocycles. The summed E-state index contributed by atoms with van der Waals surface area (Å²) in [6, 6.07) is 8.63. The van der Waals surface area contributed by atoms with Crippen LogP contribution in [0.5, 0.6) is 0 Å². The average molecular weight is 288 g/mol. The van der Waals surface area contributed by atoms with E-state index in [9.17, 15) is 4.79 Å². The normalized spacial score (nSPS) is 16.5. The number of carbonyl (C=O) groups is 1. The summed E-state index contributed by atoms with van der Waals surface area (Å²) >= 11 is 0. The molecule has 0 bridgehead atoms. The molecule has 1 saturated heterocycles. The molecule has 0 spiro atoms. The van der Waals surface area contributed by atoms with Gasteiger partial charge in [-0.25, -0.2) is 0 Å². The first-order valence-electron chi connectivity index (χ1n) is 8.16. The number of benzene rings is 1. The molecule has 1 amide bonds. The van der Waals surface area contributed by atoms with E-state index in [4.69, 9.17) is 0 Å². The highest BCUT2D eigenvalue weighted by Gasteiger charge is 2.22. The summed E-state index contributed by atoms with van der Waals surface area (Å²) < 4.78 is 0. The first kappa shape index (κ1) is 16.0. The highest BCUT2D eigenvalue weighted by molar-refractivity contribution is 5.81. The van der Waals surface area contributed by atoms with Crippen LogP contribution in [-0.4, -0.2) is 29.9 Å². The molecular weight excluding hydrogens is 260 g/mol. The molecule has 1 heterocycles. The van der Waals surface area contributed by atoms with Gasteiger partial charge in [-0.3, -0.25) is 4.79 Å². The number of hydrogen-bond donors (Lipinski definition) is 1. The first-order valence-corrected chi connectivity index (χ1v) is 8.16. The molecule has 1 N–H and O–H groups in total. The predicted octanol–water partition coefficient (Wildman–Crippen LogP) is 2.99. The van der Waals surface area contributed by atoms with Crippen LogP contribution in [0.15, 0.2) is 24.3 Å². The average Bonchev–Trinajstić information content (AvgIpc) is 2.99. The predicted molar refractivity (Wildman–Crippen MR) is 87.1 cm³/mol. The van der Waals surface area contributed by atoms with Gasteiger partial charge < -0.3 is 10.2 Å². The summed E-state index contributed by atoms with van der Waals surface area (Å²) in [5, 5.41) is 3.34. The molecule has 1 atom stereocenters. The van der Waals surface area contributed by atoms with Gasteiger partial charge in [0.15, 0.2) is 0 Å². The van der Waals surface area contributed by atoms with Crippen LogP contribution in [-0.2, 0) is 17.8 Å². The van der Waals surface area contributed by atoms with Crippen molar-refractivity contribution in [1.29, 1.82) is 0 Å². The molecular formula is C18H28N2O. The zero-order valence-corrected chi connectivity index (χ0v) is 13.6. The number of likely N-dealkylation sites (tertiary alicyclic amines) is 1. The Hall–Kier alpha value is -1.35. The van der Waals surface area contributed by atoms with E-state index in [2.05, 4.69) is 43.4 Å². The fraction of sp³-hybridized carbons (Fsp3) is 0.611. The van der Waals surface area contributed by atoms with Crippen LogP contribution >= 0.6 is 0 Å². The Labute approximate surface area is 128 Å². The van der Waals surface area contributed by atoms with E-state index in [0.717, 1.165) is 38.9 Å². The molecule has 3 heteroatoms. The molecule has 1 aromatic carbocycles. The minimum absolute atomic E-state index is 0.0987. The minimum Gasteiger partial charge on any atom is -0.341 e. The van der Waals surface area contributed by atoms with E-state index in [1.54, 1.807) is 0 Å². The third-order valence-corrected chi connectivity index (χ3v) is 4.07. The maximum Gasteiger partial charge on any atom is 0.239 e. The first-order chi connectivity index (χ1) is 10.1. The largest absolute Gasteiger partial charge is 0.341 e. The quantitative estimate of drug-likeness (QED) is 0.873. The summed E-state index contributed by atoms with van der Waals surface area (Å²) in [7, 11) is 0. The van der Waals surface area contributed by atoms with E-state index < -0.39 is 0 Å². The number of hydrogen-bond acceptors (Lipinski definition) is 2. The van der Waals surface area contributed by atoms with Crippen molar-refractivity contribution >= 4 is 5.91 Å². The lowest BCUT2D eigenvalue weighted by Gasteiger charge is -2.21. The monoisotopic (exact) mass is 288 g/mol. The SMILES string of the molecule is CC(C)Cc1ccc(CNC(C)C(=O)N2CCCC2)cc1. The van der Waals surface area contributed by atoms with E-state index in [1.807, 2.05) is 11.8 Å². The van der Waals surface area contributed by atoms with Gasteiger partial charge in [-0.1, -0.05) is 38.1 Å². The van der Waals surface area contributed by atoms with Gasteiger partial charge in [-0.15, -0.1) is 0 Å². The lowest BCUT2D eigenvalue weighted by Crippen LogP contribution is -2.43. The summed E-state index contributed by atoms with van der Waals surface area (Å²) in [5.41, 5.74) is 2.62. The molecule has 3 nitrogen and oxygen atoms in total. The maximum atomic E-state index is 12.2. The van der Waals surface area contributed by atoms with Gasteiger partial charge in [0.25, 0.3) is 0 Å². The number of amides is 1. The lowest BCUT2D eigenvalue weighted by molar-refractivity contribution is -0.131. The van der Waals surface area contributed by atoms with Gasteiger partial charge >= 0.3 is 0 Å². The molecule has 21 heavy (non-hydrogen) atoms. The summed E-state index contributed by atoms with van der Waals surface area (Å²) in [6.07, 6.45) is 3.42. The van der Waals surface area contributed by atoms with E-state index in [1.165, 1.54) is 11.1 Å². The molecule has 1 aliphatic heterocycles. The summed E-state index contributed by atoms with van der Waals surface area (Å²) in [6.45, 7) is 9.04. The Morgan fingerprint density at radius 1 is 1.10 bits per heavy atom. The molecule has 0 saturated carbocycles. The topological polar surface area (TPSA) is 32.3 Å². The van der Waals surface area contributed by atoms with Gasteiger partial charge in [0.05, 0.1) is 6.04 Å². The third kappa shape index (κ3) is 4.85. The minimum atomic E-state index is -0.0987. The number of nitrogens with zero attached hydrogens (tertiary/aromatic N) is 1. The van der Waals surface area contributed by atoms with Crippen molar-refractivity contribution in [1.82, 2.24) is 10.2 Å². The Kier molecular flexibility index (Phi) is 5.80. The molecule has 2 rings (SSSR count). The van der Waals surface area contributed by atoms with Crippen LogP contribution < -0.4 is 5.32 Å². The summed E-state index contributed by atoms with van der Waals surface area (Å²) in [4.78, 5) is 14.2. The smallest absolute Gasteiger partial charge is 0.239 e. The summed E-state index contributed by atoms with van der Waals surface area (Å²) in [5.74, 6) is 0.927. The van der Waals surface area contributed by atoms with Gasteiger partial charge in [0.2, 0.25) is 5.91 Å². The van der Waals surface area contributed by atoms with Crippen LogP contribution in [0.3, 0.4) is 0 Å². The van der Waals surface area contributed by atoms with Crippen LogP contribution in [0.4, 0.5) is 0 Å². The van der Waals surface area contributed by atoms with Crippen LogP contribution in [0.25, 0.3) is 0 Å². The maximum absolute atomic E-state index is 12.2. The second-order valence-corrected chi connectivity index (χ2v) is 6.55. The number of rotatable bonds is 6. The van der Waals surface area contributed by atoms with Crippen LogP contribution in [0.2, 0.25) is 0 Å². The Morgan fingerprint density at radius 2 is 1.67 bits per heavy atom. The molecule has 1 aliphatic rings. The Bertz CT molecular complexity index is 447. The molecule has 1 aromatic rings. The van der Waals surface area contributed by atoms with Crippen molar-refractivity contribution in [2.24, 2.45) is 5.92 Å². The second-order valence-electron chi connectivity index (χ2n) is 6.55. The van der Waals surface area contributed by atoms with Crippen molar-refractivity contribution in [3.05, 3.63) is 35.4 Å². The lowest BCUT2D eigenvalue weighted by atomic mass is 10.0. The molecule has 0 aromatic heterocycles. The molecule has 116 valence electrons. The fourth-order valence-corrected chi connectivity index (χ4v) is 2.83. The number of carbonyl (C=O) groups excluding carboxylic acids is 1. The van der Waals surface area contributed by atoms with Gasteiger partial charge in [-0.05, 0) is 43.2 Å². The van der Waals surface area contributed by atoms with Crippen LogP contribution in [0, 0.1) is 5.92 Å². The standard InChI is InChI=1S/C18H28N2O/c1-14(2)12-16-6-8-17(9-7-16)13-19-15(3)18(21)20-10-4-5-11-20/h6-9,14-15,19H,4-5,10-13H2,1-3H3. The van der Waals surface area contributed by atoms with Crippen molar-refractivity contribution in [2.75, 3.05) is 13.1 Å². The fourth-order valence-electron chi connectivity index (χ4n) is 2.83. The van der Waals surface area contributed by atoms with Gasteiger partial charge in [0, 0.05) is 19.6 Å². The van der Waals surface area contributed by atoms with Crippen molar-refractivity contribution < 1.29 is 4.79 Å². The molecule has 0 radical (unpaired) electrons. The van der Waals surface area contributed by atoms with E-state index in [-0.39, 0.29) is 11.9 Å². The van der Waals surface area contributed by atoms with Crippen molar-refractivity contribution in [2.45, 2.75) is 52.6 Å². The van der Waals surface area contributed by atoms with Crippen LogP contribution in [0.1, 0.15) is 44.7 Å². The van der Waals surface area contributed by atoms with Crippen molar-refractivity contribution in [3.8, 4) is 0 Å². The van der Waals surface area contributed by atoms with E-state index >= 15 is 0 Å².